The number of rotatable bonds is 3. The van der Waals surface area contributed by atoms with Gasteiger partial charge < -0.3 is 10.1 Å². The number of fused-ring (bicyclic) bond motifs is 3. The van der Waals surface area contributed by atoms with Gasteiger partial charge in [0.25, 0.3) is 0 Å². The van der Waals surface area contributed by atoms with Gasteiger partial charge in [0.1, 0.15) is 6.10 Å². The number of hydrogen-bond donors (Lipinski definition) is 1. The molecule has 27 heavy (non-hydrogen) atoms. The smallest absolute Gasteiger partial charge is 0.223 e. The molecule has 1 N–H and O–H groups in total. The SMILES string of the molecule is CC(=O)Nc1nc2c(s1)-c1c(c([C@@H]3CCCO3)nn1-c1ccccc1)CC2. The van der Waals surface area contributed by atoms with Crippen molar-refractivity contribution in [3.8, 4) is 16.3 Å². The Morgan fingerprint density at radius 3 is 2.89 bits per heavy atom. The van der Waals surface area contributed by atoms with Crippen LogP contribution in [0.2, 0.25) is 0 Å². The Balaban J connectivity index is 1.69. The zero-order valence-electron chi connectivity index (χ0n) is 15.1. The van der Waals surface area contributed by atoms with Crippen molar-refractivity contribution in [1.82, 2.24) is 14.8 Å². The van der Waals surface area contributed by atoms with Crippen LogP contribution in [-0.2, 0) is 22.4 Å². The summed E-state index contributed by atoms with van der Waals surface area (Å²) in [5.41, 5.74) is 5.48. The highest BCUT2D eigenvalue weighted by Gasteiger charge is 2.33. The second-order valence-electron chi connectivity index (χ2n) is 6.94. The molecule has 3 heterocycles. The van der Waals surface area contributed by atoms with Crippen LogP contribution in [0.1, 0.15) is 42.8 Å². The maximum Gasteiger partial charge on any atom is 0.223 e. The van der Waals surface area contributed by atoms with E-state index in [2.05, 4.69) is 22.4 Å². The predicted octanol–water partition coefficient (Wildman–Crippen LogP) is 3.90. The summed E-state index contributed by atoms with van der Waals surface area (Å²) in [6.07, 6.45) is 3.93. The van der Waals surface area contributed by atoms with Crippen LogP contribution in [0, 0.1) is 0 Å². The molecule has 138 valence electrons. The molecule has 1 saturated heterocycles. The number of anilines is 1. The van der Waals surface area contributed by atoms with Crippen LogP contribution < -0.4 is 5.32 Å². The van der Waals surface area contributed by atoms with Crippen molar-refractivity contribution in [2.75, 3.05) is 11.9 Å². The van der Waals surface area contributed by atoms with Crippen LogP contribution in [0.25, 0.3) is 16.3 Å². The lowest BCUT2D eigenvalue weighted by atomic mass is 9.95. The van der Waals surface area contributed by atoms with Crippen molar-refractivity contribution in [3.63, 3.8) is 0 Å². The molecule has 2 aliphatic rings. The number of aryl methyl sites for hydroxylation is 1. The van der Waals surface area contributed by atoms with Crippen LogP contribution in [0.4, 0.5) is 5.13 Å². The minimum atomic E-state index is -0.0991. The largest absolute Gasteiger partial charge is 0.372 e. The summed E-state index contributed by atoms with van der Waals surface area (Å²) in [6, 6.07) is 10.2. The average molecular weight is 380 g/mol. The first kappa shape index (κ1) is 16.6. The van der Waals surface area contributed by atoms with E-state index in [1.54, 1.807) is 0 Å². The number of amides is 1. The third kappa shape index (κ3) is 2.87. The molecule has 0 saturated carbocycles. The van der Waals surface area contributed by atoms with Gasteiger partial charge in [0.05, 0.1) is 27.6 Å². The Labute approximate surface area is 161 Å². The molecule has 7 heteroatoms. The summed E-state index contributed by atoms with van der Waals surface area (Å²) in [5, 5.41) is 8.48. The molecule has 0 unspecified atom stereocenters. The number of thiazole rings is 1. The Bertz CT molecular complexity index is 1000. The number of carbonyl (C=O) groups is 1. The van der Waals surface area contributed by atoms with Gasteiger partial charge in [0.15, 0.2) is 5.13 Å². The van der Waals surface area contributed by atoms with Gasteiger partial charge in [-0.2, -0.15) is 5.10 Å². The van der Waals surface area contributed by atoms with Gasteiger partial charge in [-0.15, -0.1) is 0 Å². The van der Waals surface area contributed by atoms with Crippen molar-refractivity contribution in [3.05, 3.63) is 47.3 Å². The lowest BCUT2D eigenvalue weighted by Gasteiger charge is -2.15. The topological polar surface area (TPSA) is 69.0 Å². The zero-order valence-corrected chi connectivity index (χ0v) is 15.9. The van der Waals surface area contributed by atoms with Gasteiger partial charge in [-0.25, -0.2) is 9.67 Å². The van der Waals surface area contributed by atoms with Crippen LogP contribution in [0.3, 0.4) is 0 Å². The van der Waals surface area contributed by atoms with E-state index in [4.69, 9.17) is 9.84 Å². The molecule has 1 fully saturated rings. The van der Waals surface area contributed by atoms with Crippen molar-refractivity contribution < 1.29 is 9.53 Å². The molecule has 2 aromatic heterocycles. The molecule has 3 aromatic rings. The Morgan fingerprint density at radius 1 is 1.30 bits per heavy atom. The maximum absolute atomic E-state index is 11.5. The highest BCUT2D eigenvalue weighted by molar-refractivity contribution is 7.19. The maximum atomic E-state index is 11.5. The molecule has 0 spiro atoms. The minimum absolute atomic E-state index is 0.0769. The standard InChI is InChI=1S/C20H20N4O2S/c1-12(25)21-20-22-15-10-9-14-17(16-8-5-11-26-16)23-24(18(14)19(15)27-20)13-6-3-2-4-7-13/h2-4,6-7,16H,5,8-11H2,1H3,(H,21,22,25)/t16-/m0/s1. The van der Waals surface area contributed by atoms with E-state index in [0.29, 0.717) is 5.13 Å². The summed E-state index contributed by atoms with van der Waals surface area (Å²) in [5.74, 6) is -0.0991. The lowest BCUT2D eigenvalue weighted by molar-refractivity contribution is -0.114. The molecule has 1 atom stereocenters. The normalized spacial score (nSPS) is 18.2. The van der Waals surface area contributed by atoms with E-state index in [9.17, 15) is 4.79 Å². The van der Waals surface area contributed by atoms with Gasteiger partial charge in [-0.1, -0.05) is 29.5 Å². The van der Waals surface area contributed by atoms with Gasteiger partial charge in [0, 0.05) is 19.1 Å². The van der Waals surface area contributed by atoms with E-state index in [1.165, 1.54) is 23.8 Å². The first-order valence-corrected chi connectivity index (χ1v) is 10.1. The first-order chi connectivity index (χ1) is 13.2. The summed E-state index contributed by atoms with van der Waals surface area (Å²) in [7, 11) is 0. The van der Waals surface area contributed by atoms with Crippen molar-refractivity contribution in [2.45, 2.75) is 38.7 Å². The van der Waals surface area contributed by atoms with E-state index < -0.39 is 0 Å². The zero-order chi connectivity index (χ0) is 18.4. The van der Waals surface area contributed by atoms with E-state index in [0.717, 1.165) is 59.9 Å². The Morgan fingerprint density at radius 2 is 2.15 bits per heavy atom. The third-order valence-corrected chi connectivity index (χ3v) is 6.08. The van der Waals surface area contributed by atoms with E-state index >= 15 is 0 Å². The molecule has 1 amide bonds. The quantitative estimate of drug-likeness (QED) is 0.748. The third-order valence-electron chi connectivity index (χ3n) is 5.06. The number of aromatic nitrogens is 3. The van der Waals surface area contributed by atoms with Crippen LogP contribution in [0.5, 0.6) is 0 Å². The Hall–Kier alpha value is -2.51. The van der Waals surface area contributed by atoms with Gasteiger partial charge in [-0.05, 0) is 37.8 Å². The summed E-state index contributed by atoms with van der Waals surface area (Å²) < 4.78 is 7.98. The number of benzene rings is 1. The number of ether oxygens (including phenoxy) is 1. The van der Waals surface area contributed by atoms with Crippen molar-refractivity contribution in [2.24, 2.45) is 0 Å². The molecule has 1 aromatic carbocycles. The number of nitrogens with one attached hydrogen (secondary N) is 1. The molecular weight excluding hydrogens is 360 g/mol. The minimum Gasteiger partial charge on any atom is -0.372 e. The number of para-hydroxylation sites is 1. The van der Waals surface area contributed by atoms with Gasteiger partial charge in [0.2, 0.25) is 5.91 Å². The highest BCUT2D eigenvalue weighted by atomic mass is 32.1. The molecule has 1 aliphatic carbocycles. The number of hydrogen-bond acceptors (Lipinski definition) is 5. The fraction of sp³-hybridized carbons (Fsp3) is 0.350. The van der Waals surface area contributed by atoms with Gasteiger partial charge >= 0.3 is 0 Å². The fourth-order valence-electron chi connectivity index (χ4n) is 3.91. The number of carbonyl (C=O) groups excluding carboxylic acids is 1. The van der Waals surface area contributed by atoms with E-state index in [-0.39, 0.29) is 12.0 Å². The fourth-order valence-corrected chi connectivity index (χ4v) is 5.02. The summed E-state index contributed by atoms with van der Waals surface area (Å²) in [4.78, 5) is 17.2. The van der Waals surface area contributed by atoms with Crippen molar-refractivity contribution in [1.29, 1.82) is 0 Å². The summed E-state index contributed by atoms with van der Waals surface area (Å²) >= 11 is 1.53. The Kier molecular flexibility index (Phi) is 4.06. The van der Waals surface area contributed by atoms with Crippen LogP contribution in [-0.4, -0.2) is 27.3 Å². The molecule has 6 nitrogen and oxygen atoms in total. The second-order valence-corrected chi connectivity index (χ2v) is 7.94. The molecule has 5 rings (SSSR count). The van der Waals surface area contributed by atoms with Gasteiger partial charge in [-0.3, -0.25) is 4.79 Å². The molecule has 0 radical (unpaired) electrons. The summed E-state index contributed by atoms with van der Waals surface area (Å²) in [6.45, 7) is 2.31. The monoisotopic (exact) mass is 380 g/mol. The molecular formula is C20H20N4O2S. The number of nitrogens with zero attached hydrogens (tertiary/aromatic N) is 3. The first-order valence-electron chi connectivity index (χ1n) is 9.27. The van der Waals surface area contributed by atoms with Crippen LogP contribution >= 0.6 is 11.3 Å². The van der Waals surface area contributed by atoms with Crippen LogP contribution in [0.15, 0.2) is 30.3 Å². The highest BCUT2D eigenvalue weighted by Crippen LogP contribution is 2.44. The predicted molar refractivity (Wildman–Crippen MR) is 104 cm³/mol. The molecule has 0 bridgehead atoms. The second kappa shape index (κ2) is 6.58. The lowest BCUT2D eigenvalue weighted by Crippen LogP contribution is -2.07. The van der Waals surface area contributed by atoms with Crippen molar-refractivity contribution >= 4 is 22.4 Å². The average Bonchev–Trinajstić information content (AvgIpc) is 3.38. The molecule has 1 aliphatic heterocycles. The van der Waals surface area contributed by atoms with E-state index in [1.807, 2.05) is 22.9 Å².